The lowest BCUT2D eigenvalue weighted by atomic mass is 10.1. The minimum absolute atomic E-state index is 0.0710. The van der Waals surface area contributed by atoms with Crippen molar-refractivity contribution >= 4 is 16.1 Å². The molecular weight excluding hydrogens is 342 g/mol. The smallest absolute Gasteiger partial charge is 0.406 e. The van der Waals surface area contributed by atoms with Gasteiger partial charge in [-0.2, -0.15) is 8.42 Å². The molecular formula is C13H13F4NO4S. The molecule has 0 aliphatic carbocycles. The molecule has 2 rings (SSSR count). The fourth-order valence-electron chi connectivity index (χ4n) is 2.42. The van der Waals surface area contributed by atoms with Crippen LogP contribution in [0.2, 0.25) is 0 Å². The van der Waals surface area contributed by atoms with E-state index in [2.05, 4.69) is 4.74 Å². The summed E-state index contributed by atoms with van der Waals surface area (Å²) < 4.78 is 73.7. The molecule has 23 heavy (non-hydrogen) atoms. The van der Waals surface area contributed by atoms with Crippen LogP contribution in [0.15, 0.2) is 24.3 Å². The number of benzene rings is 1. The van der Waals surface area contributed by atoms with Crippen molar-refractivity contribution in [3.63, 3.8) is 0 Å². The SMILES string of the molecule is O=C1CC(CS(=O)(=O)F)CN1Cc1ccc(OC(F)(F)F)cc1. The summed E-state index contributed by atoms with van der Waals surface area (Å²) in [7, 11) is -4.65. The zero-order chi connectivity index (χ0) is 17.3. The van der Waals surface area contributed by atoms with Gasteiger partial charge in [-0.05, 0) is 17.7 Å². The summed E-state index contributed by atoms with van der Waals surface area (Å²) in [6, 6.07) is 4.97. The Balaban J connectivity index is 1.96. The van der Waals surface area contributed by atoms with Crippen LogP contribution in [0.25, 0.3) is 0 Å². The average Bonchev–Trinajstić information content (AvgIpc) is 2.68. The van der Waals surface area contributed by atoms with Gasteiger partial charge in [-0.15, -0.1) is 17.1 Å². The van der Waals surface area contributed by atoms with E-state index in [1.54, 1.807) is 0 Å². The predicted octanol–water partition coefficient (Wildman–Crippen LogP) is 2.23. The molecule has 10 heteroatoms. The van der Waals surface area contributed by atoms with Crippen LogP contribution in [-0.4, -0.2) is 37.9 Å². The van der Waals surface area contributed by atoms with Crippen molar-refractivity contribution in [3.8, 4) is 5.75 Å². The third kappa shape index (κ3) is 5.70. The lowest BCUT2D eigenvalue weighted by molar-refractivity contribution is -0.274. The Bertz CT molecular complexity index is 672. The molecule has 1 aliphatic rings. The number of halogens is 4. The van der Waals surface area contributed by atoms with E-state index in [1.165, 1.54) is 17.0 Å². The Morgan fingerprint density at radius 1 is 1.22 bits per heavy atom. The summed E-state index contributed by atoms with van der Waals surface area (Å²) in [5, 5.41) is 0. The molecule has 0 N–H and O–H groups in total. The van der Waals surface area contributed by atoms with Gasteiger partial charge < -0.3 is 9.64 Å². The summed E-state index contributed by atoms with van der Waals surface area (Å²) in [5.74, 6) is -2.04. The van der Waals surface area contributed by atoms with E-state index in [4.69, 9.17) is 0 Å². The molecule has 1 saturated heterocycles. The minimum Gasteiger partial charge on any atom is -0.406 e. The quantitative estimate of drug-likeness (QED) is 0.600. The molecule has 1 heterocycles. The summed E-state index contributed by atoms with van der Waals surface area (Å²) in [5.41, 5.74) is 0.552. The summed E-state index contributed by atoms with van der Waals surface area (Å²) in [6.45, 7) is 0.191. The second-order valence-corrected chi connectivity index (χ2v) is 6.65. The highest BCUT2D eigenvalue weighted by Crippen LogP contribution is 2.25. The molecule has 1 atom stereocenters. The van der Waals surface area contributed by atoms with Gasteiger partial charge in [0.15, 0.2) is 0 Å². The van der Waals surface area contributed by atoms with Crippen LogP contribution in [0.4, 0.5) is 17.1 Å². The van der Waals surface area contributed by atoms with Gasteiger partial charge in [0.25, 0.3) is 0 Å². The van der Waals surface area contributed by atoms with Gasteiger partial charge >= 0.3 is 16.6 Å². The highest BCUT2D eigenvalue weighted by atomic mass is 32.3. The van der Waals surface area contributed by atoms with E-state index in [0.717, 1.165) is 12.1 Å². The Hall–Kier alpha value is -1.84. The first-order chi connectivity index (χ1) is 10.5. The molecule has 1 aromatic rings. The number of carbonyl (C=O) groups excluding carboxylic acids is 1. The Morgan fingerprint density at radius 2 is 1.83 bits per heavy atom. The van der Waals surface area contributed by atoms with E-state index in [-0.39, 0.29) is 31.2 Å². The number of hydrogen-bond acceptors (Lipinski definition) is 4. The molecule has 1 aromatic carbocycles. The van der Waals surface area contributed by atoms with Gasteiger partial charge in [-0.25, -0.2) is 0 Å². The highest BCUT2D eigenvalue weighted by molar-refractivity contribution is 7.86. The standard InChI is InChI=1S/C13H13F4NO4S/c14-13(15,16)22-11-3-1-9(2-4-11)6-18-7-10(5-12(18)19)8-23(17,20)21/h1-4,10H,5-8H2. The molecule has 0 bridgehead atoms. The predicted molar refractivity (Wildman–Crippen MR) is 71.5 cm³/mol. The van der Waals surface area contributed by atoms with Crippen molar-refractivity contribution < 1.29 is 35.0 Å². The van der Waals surface area contributed by atoms with Crippen molar-refractivity contribution in [2.45, 2.75) is 19.3 Å². The third-order valence-corrected chi connectivity index (χ3v) is 4.13. The minimum atomic E-state index is -4.78. The third-order valence-electron chi connectivity index (χ3n) is 3.26. The van der Waals surface area contributed by atoms with Crippen LogP contribution >= 0.6 is 0 Å². The van der Waals surface area contributed by atoms with Crippen LogP contribution in [0, 0.1) is 5.92 Å². The number of hydrogen-bond donors (Lipinski definition) is 0. The van der Waals surface area contributed by atoms with Gasteiger partial charge in [0.05, 0.1) is 5.75 Å². The van der Waals surface area contributed by atoms with Crippen LogP contribution in [0.1, 0.15) is 12.0 Å². The average molecular weight is 355 g/mol. The Morgan fingerprint density at radius 3 is 2.35 bits per heavy atom. The summed E-state index contributed by atoms with van der Waals surface area (Å²) >= 11 is 0. The second-order valence-electron chi connectivity index (χ2n) is 5.24. The first-order valence-corrected chi connectivity index (χ1v) is 8.12. The first kappa shape index (κ1) is 17.5. The summed E-state index contributed by atoms with van der Waals surface area (Å²) in [4.78, 5) is 13.1. The van der Waals surface area contributed by atoms with Gasteiger partial charge in [-0.3, -0.25) is 4.79 Å². The van der Waals surface area contributed by atoms with Crippen LogP contribution in [0.5, 0.6) is 5.75 Å². The number of rotatable bonds is 5. The number of nitrogens with zero attached hydrogens (tertiary/aromatic N) is 1. The lowest BCUT2D eigenvalue weighted by Gasteiger charge is -2.17. The first-order valence-electron chi connectivity index (χ1n) is 6.56. The number of amides is 1. The zero-order valence-corrected chi connectivity index (χ0v) is 12.5. The normalized spacial score (nSPS) is 19.2. The van der Waals surface area contributed by atoms with E-state index in [0.29, 0.717) is 5.56 Å². The fourth-order valence-corrected chi connectivity index (χ4v) is 3.20. The van der Waals surface area contributed by atoms with Crippen LogP contribution < -0.4 is 4.74 Å². The summed E-state index contributed by atoms with van der Waals surface area (Å²) in [6.07, 6.45) is -4.85. The van der Waals surface area contributed by atoms with E-state index in [1.807, 2.05) is 0 Å². The molecule has 128 valence electrons. The maximum atomic E-state index is 12.6. The number of ether oxygens (including phenoxy) is 1. The second kappa shape index (κ2) is 6.34. The van der Waals surface area contributed by atoms with E-state index < -0.39 is 28.3 Å². The van der Waals surface area contributed by atoms with Gasteiger partial charge in [0.1, 0.15) is 5.75 Å². The van der Waals surface area contributed by atoms with Gasteiger partial charge in [-0.1, -0.05) is 12.1 Å². The van der Waals surface area contributed by atoms with Crippen molar-refractivity contribution in [1.82, 2.24) is 4.90 Å². The van der Waals surface area contributed by atoms with E-state index >= 15 is 0 Å². The maximum Gasteiger partial charge on any atom is 0.573 e. The van der Waals surface area contributed by atoms with Crippen molar-refractivity contribution in [3.05, 3.63) is 29.8 Å². The number of carbonyl (C=O) groups is 1. The zero-order valence-electron chi connectivity index (χ0n) is 11.7. The van der Waals surface area contributed by atoms with Gasteiger partial charge in [0.2, 0.25) is 5.91 Å². The number of alkyl halides is 3. The number of likely N-dealkylation sites (tertiary alicyclic amines) is 1. The van der Waals surface area contributed by atoms with Crippen molar-refractivity contribution in [2.24, 2.45) is 5.92 Å². The van der Waals surface area contributed by atoms with Crippen LogP contribution in [0.3, 0.4) is 0 Å². The Labute approximate surface area is 130 Å². The molecule has 5 nitrogen and oxygen atoms in total. The molecule has 0 saturated carbocycles. The molecule has 0 spiro atoms. The van der Waals surface area contributed by atoms with E-state index in [9.17, 15) is 30.3 Å². The molecule has 0 radical (unpaired) electrons. The molecule has 1 unspecified atom stereocenters. The lowest BCUT2D eigenvalue weighted by Crippen LogP contribution is -2.25. The van der Waals surface area contributed by atoms with Crippen molar-refractivity contribution in [2.75, 3.05) is 12.3 Å². The molecule has 1 aliphatic heterocycles. The fraction of sp³-hybridized carbons (Fsp3) is 0.462. The van der Waals surface area contributed by atoms with Crippen LogP contribution in [-0.2, 0) is 21.6 Å². The monoisotopic (exact) mass is 355 g/mol. The van der Waals surface area contributed by atoms with Crippen molar-refractivity contribution in [1.29, 1.82) is 0 Å². The topological polar surface area (TPSA) is 63.7 Å². The largest absolute Gasteiger partial charge is 0.573 e. The highest BCUT2D eigenvalue weighted by Gasteiger charge is 2.33. The Kier molecular flexibility index (Phi) is 4.83. The van der Waals surface area contributed by atoms with Gasteiger partial charge in [0, 0.05) is 25.4 Å². The maximum absolute atomic E-state index is 12.6. The molecule has 1 fully saturated rings. The molecule has 1 amide bonds. The molecule has 0 aromatic heterocycles.